The molecule has 2 rings (SSSR count). The molecule has 0 aromatic rings. The number of hydrogen-bond acceptors (Lipinski definition) is 4. The molecule has 0 aromatic carbocycles. The zero-order valence-corrected chi connectivity index (χ0v) is 11.6. The van der Waals surface area contributed by atoms with Crippen molar-refractivity contribution in [1.29, 1.82) is 0 Å². The summed E-state index contributed by atoms with van der Waals surface area (Å²) in [4.78, 5) is 0. The number of hydrogen-bond donors (Lipinski definition) is 1. The van der Waals surface area contributed by atoms with Crippen LogP contribution in [-0.2, 0) is 4.74 Å². The molecule has 2 aliphatic heterocycles. The van der Waals surface area contributed by atoms with Crippen molar-refractivity contribution in [2.45, 2.75) is 37.4 Å². The van der Waals surface area contributed by atoms with Crippen molar-refractivity contribution in [3.05, 3.63) is 0 Å². The molecule has 16 heavy (non-hydrogen) atoms. The van der Waals surface area contributed by atoms with Crippen LogP contribution in [0.2, 0.25) is 0 Å². The van der Waals surface area contributed by atoms with Crippen LogP contribution in [0.5, 0.6) is 0 Å². The van der Waals surface area contributed by atoms with Crippen molar-refractivity contribution < 1.29 is 9.84 Å². The van der Waals surface area contributed by atoms with Crippen molar-refractivity contribution in [1.82, 2.24) is 0 Å². The molecule has 0 aromatic heterocycles. The van der Waals surface area contributed by atoms with Crippen molar-refractivity contribution in [2.24, 2.45) is 5.92 Å². The minimum Gasteiger partial charge on any atom is -0.393 e. The molecule has 4 heteroatoms. The van der Waals surface area contributed by atoms with Gasteiger partial charge in [0.1, 0.15) is 0 Å². The third-order valence-electron chi connectivity index (χ3n) is 3.76. The van der Waals surface area contributed by atoms with E-state index in [-0.39, 0.29) is 11.7 Å². The zero-order valence-electron chi connectivity index (χ0n) is 9.98. The van der Waals surface area contributed by atoms with Gasteiger partial charge in [-0.3, -0.25) is 0 Å². The van der Waals surface area contributed by atoms with Crippen LogP contribution in [0.1, 0.15) is 25.7 Å². The number of rotatable bonds is 4. The van der Waals surface area contributed by atoms with E-state index in [0.717, 1.165) is 37.4 Å². The SMILES string of the molecule is CSCCC(O)C1CCOC2(CCSC2)C1. The predicted molar refractivity (Wildman–Crippen MR) is 72.4 cm³/mol. The highest BCUT2D eigenvalue weighted by atomic mass is 32.2. The van der Waals surface area contributed by atoms with Gasteiger partial charge in [-0.1, -0.05) is 0 Å². The molecule has 0 saturated carbocycles. The number of aliphatic hydroxyl groups is 1. The molecule has 0 radical (unpaired) electrons. The van der Waals surface area contributed by atoms with Crippen molar-refractivity contribution in [3.8, 4) is 0 Å². The van der Waals surface area contributed by atoms with Gasteiger partial charge in [-0.15, -0.1) is 0 Å². The van der Waals surface area contributed by atoms with Gasteiger partial charge in [0.2, 0.25) is 0 Å². The van der Waals surface area contributed by atoms with E-state index in [9.17, 15) is 5.11 Å². The summed E-state index contributed by atoms with van der Waals surface area (Å²) in [5.41, 5.74) is 0.119. The van der Waals surface area contributed by atoms with Crippen LogP contribution in [0.4, 0.5) is 0 Å². The molecule has 3 atom stereocenters. The van der Waals surface area contributed by atoms with E-state index in [0.29, 0.717) is 5.92 Å². The molecule has 2 nitrogen and oxygen atoms in total. The Morgan fingerprint density at radius 3 is 3.19 bits per heavy atom. The Morgan fingerprint density at radius 2 is 2.50 bits per heavy atom. The van der Waals surface area contributed by atoms with Crippen molar-refractivity contribution >= 4 is 23.5 Å². The van der Waals surface area contributed by atoms with Gasteiger partial charge in [0.25, 0.3) is 0 Å². The Labute approximate surface area is 107 Å². The molecule has 2 saturated heterocycles. The summed E-state index contributed by atoms with van der Waals surface area (Å²) in [6.07, 6.45) is 6.24. The Morgan fingerprint density at radius 1 is 1.62 bits per heavy atom. The minimum absolute atomic E-state index is 0.112. The van der Waals surface area contributed by atoms with Gasteiger partial charge in [0, 0.05) is 12.4 Å². The fourth-order valence-corrected chi connectivity index (χ4v) is 4.59. The first kappa shape index (κ1) is 13.1. The maximum atomic E-state index is 10.2. The summed E-state index contributed by atoms with van der Waals surface area (Å²) >= 11 is 3.82. The van der Waals surface area contributed by atoms with Gasteiger partial charge in [-0.2, -0.15) is 23.5 Å². The first-order valence-corrected chi connectivity index (χ1v) is 8.69. The van der Waals surface area contributed by atoms with E-state index < -0.39 is 0 Å². The summed E-state index contributed by atoms with van der Waals surface area (Å²) < 4.78 is 5.97. The predicted octanol–water partition coefficient (Wildman–Crippen LogP) is 2.40. The summed E-state index contributed by atoms with van der Waals surface area (Å²) in [5.74, 6) is 3.91. The minimum atomic E-state index is -0.112. The Kier molecular flexibility index (Phi) is 4.89. The Balaban J connectivity index is 1.85. The van der Waals surface area contributed by atoms with E-state index in [1.807, 2.05) is 23.5 Å². The van der Waals surface area contributed by atoms with Gasteiger partial charge >= 0.3 is 0 Å². The van der Waals surface area contributed by atoms with Crippen LogP contribution in [-0.4, -0.2) is 46.9 Å². The fraction of sp³-hybridized carbons (Fsp3) is 1.00. The maximum absolute atomic E-state index is 10.2. The molecule has 2 heterocycles. The standard InChI is InChI=1S/C12H22O2S2/c1-15-6-3-11(13)10-2-5-14-12(8-10)4-7-16-9-12/h10-11,13H,2-9H2,1H3. The van der Waals surface area contributed by atoms with Gasteiger partial charge in [-0.25, -0.2) is 0 Å². The van der Waals surface area contributed by atoms with Crippen LogP contribution in [0.25, 0.3) is 0 Å². The first-order chi connectivity index (χ1) is 7.76. The Bertz CT molecular complexity index is 217. The van der Waals surface area contributed by atoms with Crippen LogP contribution >= 0.6 is 23.5 Å². The van der Waals surface area contributed by atoms with E-state index in [4.69, 9.17) is 4.74 Å². The van der Waals surface area contributed by atoms with Crippen molar-refractivity contribution in [3.63, 3.8) is 0 Å². The van der Waals surface area contributed by atoms with E-state index >= 15 is 0 Å². The quantitative estimate of drug-likeness (QED) is 0.842. The number of ether oxygens (including phenoxy) is 1. The highest BCUT2D eigenvalue weighted by molar-refractivity contribution is 7.99. The normalized spacial score (nSPS) is 36.8. The summed E-state index contributed by atoms with van der Waals surface area (Å²) in [6, 6.07) is 0. The zero-order chi connectivity index (χ0) is 11.4. The molecule has 0 bridgehead atoms. The van der Waals surface area contributed by atoms with Gasteiger partial charge in [0.15, 0.2) is 0 Å². The van der Waals surface area contributed by atoms with Gasteiger partial charge in [-0.05, 0) is 49.4 Å². The number of aliphatic hydroxyl groups excluding tert-OH is 1. The van der Waals surface area contributed by atoms with Gasteiger partial charge in [0.05, 0.1) is 11.7 Å². The topological polar surface area (TPSA) is 29.5 Å². The van der Waals surface area contributed by atoms with Crippen LogP contribution in [0, 0.1) is 5.92 Å². The average Bonchev–Trinajstić information content (AvgIpc) is 2.74. The molecule has 0 aliphatic carbocycles. The lowest BCUT2D eigenvalue weighted by molar-refractivity contribution is -0.101. The monoisotopic (exact) mass is 262 g/mol. The van der Waals surface area contributed by atoms with Crippen LogP contribution < -0.4 is 0 Å². The van der Waals surface area contributed by atoms with E-state index in [1.54, 1.807) is 0 Å². The maximum Gasteiger partial charge on any atom is 0.0783 e. The lowest BCUT2D eigenvalue weighted by Gasteiger charge is -2.39. The molecule has 2 aliphatic rings. The molecular weight excluding hydrogens is 240 g/mol. The third-order valence-corrected chi connectivity index (χ3v) is 5.63. The molecule has 1 spiro atoms. The summed E-state index contributed by atoms with van der Waals surface area (Å²) in [5, 5.41) is 10.2. The molecular formula is C12H22O2S2. The summed E-state index contributed by atoms with van der Waals surface area (Å²) in [7, 11) is 0. The highest BCUT2D eigenvalue weighted by Gasteiger charge is 2.41. The lowest BCUT2D eigenvalue weighted by Crippen LogP contribution is -2.43. The second kappa shape index (κ2) is 5.98. The lowest BCUT2D eigenvalue weighted by atomic mass is 9.81. The fourth-order valence-electron chi connectivity index (χ4n) is 2.73. The molecule has 94 valence electrons. The average molecular weight is 262 g/mol. The molecule has 2 fully saturated rings. The second-order valence-corrected chi connectivity index (χ2v) is 7.03. The highest BCUT2D eigenvalue weighted by Crippen LogP contribution is 2.41. The Hall–Kier alpha value is 0.620. The molecule has 0 amide bonds. The molecule has 3 unspecified atom stereocenters. The summed E-state index contributed by atoms with van der Waals surface area (Å²) in [6.45, 7) is 0.849. The van der Waals surface area contributed by atoms with Gasteiger partial charge < -0.3 is 9.84 Å². The van der Waals surface area contributed by atoms with E-state index in [2.05, 4.69) is 6.26 Å². The third kappa shape index (κ3) is 3.09. The van der Waals surface area contributed by atoms with Crippen molar-refractivity contribution in [2.75, 3.05) is 30.1 Å². The first-order valence-electron chi connectivity index (χ1n) is 6.14. The molecule has 1 N–H and O–H groups in total. The second-order valence-electron chi connectivity index (χ2n) is 4.94. The van der Waals surface area contributed by atoms with E-state index in [1.165, 1.54) is 12.2 Å². The smallest absolute Gasteiger partial charge is 0.0783 e. The van der Waals surface area contributed by atoms with Crippen LogP contribution in [0.3, 0.4) is 0 Å². The van der Waals surface area contributed by atoms with Crippen LogP contribution in [0.15, 0.2) is 0 Å². The largest absolute Gasteiger partial charge is 0.393 e. The number of thioether (sulfide) groups is 2.